The van der Waals surface area contributed by atoms with Gasteiger partial charge in [-0.1, -0.05) is 18.2 Å². The molecule has 0 saturated carbocycles. The molecule has 0 amide bonds. The first kappa shape index (κ1) is 16.1. The van der Waals surface area contributed by atoms with E-state index in [4.69, 9.17) is 0 Å². The Hall–Kier alpha value is -0.980. The Balaban J connectivity index is 2.21. The third-order valence-corrected chi connectivity index (χ3v) is 4.04. The Morgan fingerprint density at radius 3 is 2.53 bits per heavy atom. The van der Waals surface area contributed by atoms with E-state index in [0.717, 1.165) is 25.0 Å². The third kappa shape index (κ3) is 6.66. The summed E-state index contributed by atoms with van der Waals surface area (Å²) in [6.45, 7) is 6.17. The van der Waals surface area contributed by atoms with Crippen molar-refractivity contribution in [2.24, 2.45) is 0 Å². The highest BCUT2D eigenvalue weighted by molar-refractivity contribution is 7.99. The molecular formula is C16H24N2S. The summed E-state index contributed by atoms with van der Waals surface area (Å²) in [4.78, 5) is 1.32. The van der Waals surface area contributed by atoms with E-state index >= 15 is 0 Å². The van der Waals surface area contributed by atoms with Crippen LogP contribution in [0.5, 0.6) is 0 Å². The minimum Gasteiger partial charge on any atom is -0.297 e. The number of nitrogens with one attached hydrogen (secondary N) is 1. The van der Waals surface area contributed by atoms with Gasteiger partial charge in [0.1, 0.15) is 5.54 Å². The van der Waals surface area contributed by atoms with Crippen molar-refractivity contribution >= 4 is 11.8 Å². The average molecular weight is 276 g/mol. The van der Waals surface area contributed by atoms with Crippen LogP contribution in [0, 0.1) is 11.3 Å². The van der Waals surface area contributed by atoms with E-state index in [1.165, 1.54) is 4.90 Å². The number of hydrogen-bond donors (Lipinski definition) is 1. The summed E-state index contributed by atoms with van der Waals surface area (Å²) in [5.41, 5.74) is -0.383. The topological polar surface area (TPSA) is 35.8 Å². The molecule has 1 aromatic rings. The van der Waals surface area contributed by atoms with Crippen molar-refractivity contribution in [3.05, 3.63) is 30.3 Å². The van der Waals surface area contributed by atoms with Gasteiger partial charge in [0.2, 0.25) is 0 Å². The highest BCUT2D eigenvalue weighted by atomic mass is 32.2. The average Bonchev–Trinajstić information content (AvgIpc) is 2.39. The largest absolute Gasteiger partial charge is 0.297 e. The van der Waals surface area contributed by atoms with E-state index in [9.17, 15) is 5.26 Å². The molecular weight excluding hydrogens is 252 g/mol. The Morgan fingerprint density at radius 2 is 1.95 bits per heavy atom. The van der Waals surface area contributed by atoms with Gasteiger partial charge in [-0.2, -0.15) is 5.26 Å². The van der Waals surface area contributed by atoms with E-state index < -0.39 is 0 Å². The summed E-state index contributed by atoms with van der Waals surface area (Å²) in [5.74, 6) is 1.12. The maximum absolute atomic E-state index is 9.25. The quantitative estimate of drug-likeness (QED) is 0.570. The van der Waals surface area contributed by atoms with Gasteiger partial charge in [0.05, 0.1) is 6.07 Å². The van der Waals surface area contributed by atoms with Crippen molar-refractivity contribution in [2.75, 3.05) is 5.75 Å². The van der Waals surface area contributed by atoms with Crippen LogP contribution in [0.3, 0.4) is 0 Å². The molecule has 0 fully saturated rings. The van der Waals surface area contributed by atoms with Crippen molar-refractivity contribution in [2.45, 2.75) is 56.5 Å². The standard InChI is InChI=1S/C16H24N2S/c1-14(2)18-16(3,13-17)11-7-8-12-19-15-9-5-4-6-10-15/h4-6,9-10,14,18H,7-8,11-12H2,1-3H3. The molecule has 0 aliphatic heterocycles. The second-order valence-electron chi connectivity index (χ2n) is 5.36. The van der Waals surface area contributed by atoms with Crippen molar-refractivity contribution in [1.82, 2.24) is 5.32 Å². The first-order valence-electron chi connectivity index (χ1n) is 6.92. The minimum atomic E-state index is -0.383. The van der Waals surface area contributed by atoms with E-state index in [-0.39, 0.29) is 5.54 Å². The Morgan fingerprint density at radius 1 is 1.26 bits per heavy atom. The smallest absolute Gasteiger partial charge is 0.104 e. The van der Waals surface area contributed by atoms with Crippen LogP contribution >= 0.6 is 11.8 Å². The number of rotatable bonds is 8. The molecule has 2 nitrogen and oxygen atoms in total. The number of benzene rings is 1. The fourth-order valence-corrected chi connectivity index (χ4v) is 3.02. The van der Waals surface area contributed by atoms with Crippen LogP contribution in [-0.4, -0.2) is 17.3 Å². The molecule has 0 spiro atoms. The number of unbranched alkanes of at least 4 members (excludes halogenated alkanes) is 1. The van der Waals surface area contributed by atoms with Crippen LogP contribution in [0.1, 0.15) is 40.0 Å². The normalized spacial score (nSPS) is 14.1. The monoisotopic (exact) mass is 276 g/mol. The Labute approximate surface area is 121 Å². The van der Waals surface area contributed by atoms with Gasteiger partial charge in [-0.3, -0.25) is 5.32 Å². The zero-order valence-corrected chi connectivity index (χ0v) is 13.0. The highest BCUT2D eigenvalue weighted by Crippen LogP contribution is 2.20. The van der Waals surface area contributed by atoms with E-state index in [0.29, 0.717) is 6.04 Å². The highest BCUT2D eigenvalue weighted by Gasteiger charge is 2.23. The molecule has 0 radical (unpaired) electrons. The molecule has 0 saturated heterocycles. The molecule has 1 rings (SSSR count). The Kier molecular flexibility index (Phi) is 6.97. The van der Waals surface area contributed by atoms with Gasteiger partial charge in [0.15, 0.2) is 0 Å². The van der Waals surface area contributed by atoms with Gasteiger partial charge in [-0.25, -0.2) is 0 Å². The molecule has 3 heteroatoms. The van der Waals surface area contributed by atoms with Gasteiger partial charge in [0.25, 0.3) is 0 Å². The van der Waals surface area contributed by atoms with Gasteiger partial charge in [-0.05, 0) is 57.9 Å². The zero-order chi connectivity index (χ0) is 14.1. The number of hydrogen-bond acceptors (Lipinski definition) is 3. The maximum atomic E-state index is 9.25. The lowest BCUT2D eigenvalue weighted by molar-refractivity contribution is 0.372. The predicted molar refractivity (Wildman–Crippen MR) is 83.3 cm³/mol. The summed E-state index contributed by atoms with van der Waals surface area (Å²) in [6, 6.07) is 13.2. The van der Waals surface area contributed by atoms with Crippen LogP contribution in [-0.2, 0) is 0 Å². The van der Waals surface area contributed by atoms with E-state index in [2.05, 4.69) is 49.5 Å². The lowest BCUT2D eigenvalue weighted by Gasteiger charge is -2.25. The van der Waals surface area contributed by atoms with E-state index in [1.807, 2.05) is 24.8 Å². The van der Waals surface area contributed by atoms with Crippen LogP contribution in [0.15, 0.2) is 35.2 Å². The molecule has 1 aromatic carbocycles. The number of thioether (sulfide) groups is 1. The predicted octanol–water partition coefficient (Wildman–Crippen LogP) is 4.23. The molecule has 1 N–H and O–H groups in total. The second kappa shape index (κ2) is 8.24. The number of nitrogens with zero attached hydrogens (tertiary/aromatic N) is 1. The lowest BCUT2D eigenvalue weighted by atomic mass is 9.96. The molecule has 0 aromatic heterocycles. The van der Waals surface area contributed by atoms with Gasteiger partial charge < -0.3 is 0 Å². The van der Waals surface area contributed by atoms with Crippen molar-refractivity contribution in [3.63, 3.8) is 0 Å². The third-order valence-electron chi connectivity index (χ3n) is 2.94. The molecule has 0 heterocycles. The summed E-state index contributed by atoms with van der Waals surface area (Å²) in [6.07, 6.45) is 3.15. The first-order valence-corrected chi connectivity index (χ1v) is 7.91. The Bertz CT molecular complexity index is 397. The zero-order valence-electron chi connectivity index (χ0n) is 12.1. The minimum absolute atomic E-state index is 0.350. The molecule has 0 bridgehead atoms. The van der Waals surface area contributed by atoms with Crippen molar-refractivity contribution in [3.8, 4) is 6.07 Å². The summed E-state index contributed by atoms with van der Waals surface area (Å²) >= 11 is 1.89. The fourth-order valence-electron chi connectivity index (χ4n) is 2.08. The SMILES string of the molecule is CC(C)NC(C)(C#N)CCCCSc1ccccc1. The molecule has 0 aliphatic rings. The molecule has 104 valence electrons. The fraction of sp³-hybridized carbons (Fsp3) is 0.562. The second-order valence-corrected chi connectivity index (χ2v) is 6.53. The van der Waals surface area contributed by atoms with Crippen LogP contribution in [0.25, 0.3) is 0 Å². The van der Waals surface area contributed by atoms with Gasteiger partial charge >= 0.3 is 0 Å². The van der Waals surface area contributed by atoms with E-state index in [1.54, 1.807) is 0 Å². The van der Waals surface area contributed by atoms with Gasteiger partial charge in [0, 0.05) is 10.9 Å². The lowest BCUT2D eigenvalue weighted by Crippen LogP contribution is -2.44. The van der Waals surface area contributed by atoms with Crippen LogP contribution < -0.4 is 5.32 Å². The van der Waals surface area contributed by atoms with Crippen LogP contribution in [0.4, 0.5) is 0 Å². The summed E-state index contributed by atoms with van der Waals surface area (Å²) in [5, 5.41) is 12.6. The molecule has 19 heavy (non-hydrogen) atoms. The molecule has 1 atom stereocenters. The maximum Gasteiger partial charge on any atom is 0.104 e. The van der Waals surface area contributed by atoms with Gasteiger partial charge in [-0.15, -0.1) is 11.8 Å². The van der Waals surface area contributed by atoms with Crippen molar-refractivity contribution in [1.29, 1.82) is 5.26 Å². The summed E-state index contributed by atoms with van der Waals surface area (Å²) < 4.78 is 0. The first-order chi connectivity index (χ1) is 9.06. The summed E-state index contributed by atoms with van der Waals surface area (Å²) in [7, 11) is 0. The molecule has 1 unspecified atom stereocenters. The van der Waals surface area contributed by atoms with Crippen LogP contribution in [0.2, 0.25) is 0 Å². The molecule has 0 aliphatic carbocycles. The number of nitriles is 1. The van der Waals surface area contributed by atoms with Crippen molar-refractivity contribution < 1.29 is 0 Å².